The minimum Gasteiger partial charge on any atom is -0.0836 e. The SMILES string of the molecule is CC(C)(C)c1ccc([Si](C2=CCC(C(C)(C)C)C=C2)(c2ccc(C(C)(C)C)cc2)c2ccc(C(C)(C)C)cc2)cc1. The zero-order chi connectivity index (χ0) is 30.4. The maximum Gasteiger partial charge on any atom is 0.179 e. The highest BCUT2D eigenvalue weighted by Gasteiger charge is 2.43. The monoisotopic (exact) mass is 562 g/mol. The Kier molecular flexibility index (Phi) is 8.31. The summed E-state index contributed by atoms with van der Waals surface area (Å²) in [5.41, 5.74) is 4.77. The lowest BCUT2D eigenvalue weighted by molar-refractivity contribution is 0.293. The molecule has 0 bridgehead atoms. The van der Waals surface area contributed by atoms with E-state index in [9.17, 15) is 0 Å². The number of hydrogen-bond donors (Lipinski definition) is 0. The Morgan fingerprint density at radius 3 is 1.02 bits per heavy atom. The summed E-state index contributed by atoms with van der Waals surface area (Å²) in [6.07, 6.45) is 8.69. The first-order valence-electron chi connectivity index (χ1n) is 15.6. The molecule has 0 nitrogen and oxygen atoms in total. The van der Waals surface area contributed by atoms with E-state index in [0.29, 0.717) is 5.92 Å². The Hall–Kier alpha value is -2.64. The van der Waals surface area contributed by atoms with E-state index in [-0.39, 0.29) is 21.7 Å². The summed E-state index contributed by atoms with van der Waals surface area (Å²) in [4.78, 5) is 0. The van der Waals surface area contributed by atoms with Crippen LogP contribution in [0.3, 0.4) is 0 Å². The number of hydrogen-bond acceptors (Lipinski definition) is 0. The standard InChI is InChI=1S/C40H54Si/c1-37(2,3)29-13-21-33(22-14-29)41(34-23-15-30(16-24-34)38(4,5)6,35-25-17-31(18-26-35)39(7,8)9)36-27-19-32(20-28-36)40(10,11)12/h13-19,21-28,32H,20H2,1-12H3. The summed E-state index contributed by atoms with van der Waals surface area (Å²) in [5.74, 6) is 0.549. The molecule has 0 saturated heterocycles. The second kappa shape index (κ2) is 10.9. The van der Waals surface area contributed by atoms with Crippen LogP contribution in [-0.2, 0) is 16.2 Å². The fraction of sp³-hybridized carbons (Fsp3) is 0.450. The highest BCUT2D eigenvalue weighted by molar-refractivity contribution is 7.16. The molecule has 0 aromatic heterocycles. The summed E-state index contributed by atoms with van der Waals surface area (Å²) in [5, 5.41) is 5.89. The summed E-state index contributed by atoms with van der Waals surface area (Å²) in [6, 6.07) is 29.0. The van der Waals surface area contributed by atoms with Crippen LogP contribution in [0, 0.1) is 11.3 Å². The maximum atomic E-state index is 2.59. The van der Waals surface area contributed by atoms with Gasteiger partial charge in [0.05, 0.1) is 0 Å². The zero-order valence-corrected chi connectivity index (χ0v) is 28.9. The molecular weight excluding hydrogens is 509 g/mol. The highest BCUT2D eigenvalue weighted by atomic mass is 28.3. The van der Waals surface area contributed by atoms with Gasteiger partial charge in [-0.1, -0.05) is 174 Å². The Morgan fingerprint density at radius 2 is 0.805 bits per heavy atom. The third-order valence-electron chi connectivity index (χ3n) is 9.20. The lowest BCUT2D eigenvalue weighted by atomic mass is 9.77. The molecule has 0 heterocycles. The lowest BCUT2D eigenvalue weighted by Gasteiger charge is -2.39. The number of rotatable bonds is 4. The van der Waals surface area contributed by atoms with Crippen molar-refractivity contribution in [1.29, 1.82) is 0 Å². The van der Waals surface area contributed by atoms with E-state index in [1.807, 2.05) is 0 Å². The van der Waals surface area contributed by atoms with Gasteiger partial charge in [-0.3, -0.25) is 0 Å². The number of benzene rings is 3. The molecule has 41 heavy (non-hydrogen) atoms. The van der Waals surface area contributed by atoms with Crippen molar-refractivity contribution in [2.75, 3.05) is 0 Å². The minimum atomic E-state index is -2.58. The molecule has 1 heteroatoms. The van der Waals surface area contributed by atoms with Gasteiger partial charge in [0.2, 0.25) is 0 Å². The van der Waals surface area contributed by atoms with Gasteiger partial charge in [-0.25, -0.2) is 0 Å². The van der Waals surface area contributed by atoms with Crippen molar-refractivity contribution >= 4 is 23.6 Å². The smallest absolute Gasteiger partial charge is 0.0836 e. The van der Waals surface area contributed by atoms with E-state index in [0.717, 1.165) is 6.42 Å². The summed E-state index contributed by atoms with van der Waals surface area (Å²) in [6.45, 7) is 27.9. The molecular formula is C40H54Si. The van der Waals surface area contributed by atoms with Crippen molar-refractivity contribution in [3.05, 3.63) is 113 Å². The number of allylic oxidation sites excluding steroid dienone is 4. The summed E-state index contributed by atoms with van der Waals surface area (Å²) < 4.78 is 0. The molecule has 0 spiro atoms. The molecule has 0 aliphatic heterocycles. The van der Waals surface area contributed by atoms with E-state index >= 15 is 0 Å². The molecule has 0 saturated carbocycles. The van der Waals surface area contributed by atoms with Crippen LogP contribution in [0.15, 0.2) is 96.2 Å². The fourth-order valence-corrected chi connectivity index (χ4v) is 11.0. The molecule has 3 aromatic carbocycles. The lowest BCUT2D eigenvalue weighted by Crippen LogP contribution is -2.68. The predicted octanol–water partition coefficient (Wildman–Crippen LogP) is 9.14. The van der Waals surface area contributed by atoms with Crippen LogP contribution in [0.2, 0.25) is 0 Å². The van der Waals surface area contributed by atoms with E-state index in [1.54, 1.807) is 0 Å². The van der Waals surface area contributed by atoms with Crippen molar-refractivity contribution in [2.24, 2.45) is 11.3 Å². The summed E-state index contributed by atoms with van der Waals surface area (Å²) >= 11 is 0. The van der Waals surface area contributed by atoms with Crippen molar-refractivity contribution in [3.63, 3.8) is 0 Å². The van der Waals surface area contributed by atoms with E-state index in [1.165, 1.54) is 37.4 Å². The Balaban J connectivity index is 2.04. The van der Waals surface area contributed by atoms with Crippen LogP contribution in [-0.4, -0.2) is 8.07 Å². The van der Waals surface area contributed by atoms with Crippen LogP contribution < -0.4 is 15.6 Å². The van der Waals surface area contributed by atoms with Gasteiger partial charge < -0.3 is 0 Å². The van der Waals surface area contributed by atoms with Gasteiger partial charge in [0.25, 0.3) is 0 Å². The van der Waals surface area contributed by atoms with E-state index < -0.39 is 8.07 Å². The first-order valence-corrected chi connectivity index (χ1v) is 17.6. The van der Waals surface area contributed by atoms with Gasteiger partial charge in [-0.2, -0.15) is 0 Å². The van der Waals surface area contributed by atoms with E-state index in [4.69, 9.17) is 0 Å². The van der Waals surface area contributed by atoms with Crippen LogP contribution in [0.1, 0.15) is 106 Å². The van der Waals surface area contributed by atoms with Gasteiger partial charge in [0.15, 0.2) is 8.07 Å². The van der Waals surface area contributed by atoms with Gasteiger partial charge >= 0.3 is 0 Å². The third kappa shape index (κ3) is 6.41. The molecule has 3 aromatic rings. The largest absolute Gasteiger partial charge is 0.179 e. The molecule has 1 aliphatic carbocycles. The van der Waals surface area contributed by atoms with Gasteiger partial charge in [0.1, 0.15) is 0 Å². The van der Waals surface area contributed by atoms with Crippen molar-refractivity contribution in [2.45, 2.75) is 106 Å². The molecule has 4 rings (SSSR count). The second-order valence-corrected chi connectivity index (χ2v) is 20.3. The van der Waals surface area contributed by atoms with E-state index in [2.05, 4.69) is 174 Å². The Bertz CT molecular complexity index is 1250. The maximum absolute atomic E-state index is 2.59. The van der Waals surface area contributed by atoms with Gasteiger partial charge in [-0.05, 0) is 71.4 Å². The molecule has 218 valence electrons. The average molecular weight is 563 g/mol. The van der Waals surface area contributed by atoms with Crippen LogP contribution in [0.4, 0.5) is 0 Å². The quantitative estimate of drug-likeness (QED) is 0.220. The van der Waals surface area contributed by atoms with Crippen LogP contribution in [0.25, 0.3) is 0 Å². The van der Waals surface area contributed by atoms with Crippen molar-refractivity contribution in [1.82, 2.24) is 0 Å². The molecule has 0 N–H and O–H groups in total. The molecule has 1 atom stereocenters. The Labute approximate surface area is 253 Å². The molecule has 0 amide bonds. The topological polar surface area (TPSA) is 0 Å². The first kappa shape index (κ1) is 31.3. The summed E-state index contributed by atoms with van der Waals surface area (Å²) in [7, 11) is -2.58. The third-order valence-corrected chi connectivity index (χ3v) is 14.0. The molecule has 0 radical (unpaired) electrons. The molecule has 0 fully saturated rings. The zero-order valence-electron chi connectivity index (χ0n) is 27.9. The minimum absolute atomic E-state index is 0.120. The Morgan fingerprint density at radius 1 is 0.488 bits per heavy atom. The average Bonchev–Trinajstić information content (AvgIpc) is 2.88. The van der Waals surface area contributed by atoms with Gasteiger partial charge in [-0.15, -0.1) is 0 Å². The second-order valence-electron chi connectivity index (χ2n) is 16.5. The first-order chi connectivity index (χ1) is 18.8. The fourth-order valence-electron chi connectivity index (χ4n) is 6.20. The van der Waals surface area contributed by atoms with Crippen molar-refractivity contribution < 1.29 is 0 Å². The van der Waals surface area contributed by atoms with Crippen LogP contribution in [0.5, 0.6) is 0 Å². The molecule has 1 aliphatic rings. The predicted molar refractivity (Wildman–Crippen MR) is 185 cm³/mol. The normalized spacial score (nSPS) is 17.0. The van der Waals surface area contributed by atoms with Gasteiger partial charge in [0, 0.05) is 0 Å². The van der Waals surface area contributed by atoms with Crippen LogP contribution >= 0.6 is 0 Å². The molecule has 1 unspecified atom stereocenters. The van der Waals surface area contributed by atoms with Crippen molar-refractivity contribution in [3.8, 4) is 0 Å². The highest BCUT2D eigenvalue weighted by Crippen LogP contribution is 2.36.